The SMILES string of the molecule is CCc1cccc(C(O)C(O)CCN)c1. The van der Waals surface area contributed by atoms with Crippen molar-refractivity contribution in [3.63, 3.8) is 0 Å². The van der Waals surface area contributed by atoms with E-state index in [1.54, 1.807) is 0 Å². The van der Waals surface area contributed by atoms with Crippen LogP contribution in [-0.2, 0) is 6.42 Å². The summed E-state index contributed by atoms with van der Waals surface area (Å²) in [6.45, 7) is 2.44. The van der Waals surface area contributed by atoms with Crippen molar-refractivity contribution >= 4 is 0 Å². The Balaban J connectivity index is 2.76. The quantitative estimate of drug-likeness (QED) is 0.677. The van der Waals surface area contributed by atoms with Gasteiger partial charge in [0.05, 0.1) is 6.10 Å². The highest BCUT2D eigenvalue weighted by Crippen LogP contribution is 2.19. The second-order valence-corrected chi connectivity index (χ2v) is 3.69. The maximum absolute atomic E-state index is 9.83. The maximum Gasteiger partial charge on any atom is 0.105 e. The molecule has 0 aromatic heterocycles. The van der Waals surface area contributed by atoms with Crippen LogP contribution in [0.1, 0.15) is 30.6 Å². The van der Waals surface area contributed by atoms with E-state index in [4.69, 9.17) is 5.73 Å². The molecule has 84 valence electrons. The highest BCUT2D eigenvalue weighted by molar-refractivity contribution is 5.25. The number of nitrogens with two attached hydrogens (primary N) is 1. The van der Waals surface area contributed by atoms with Crippen LogP contribution in [0.3, 0.4) is 0 Å². The molecule has 0 saturated carbocycles. The highest BCUT2D eigenvalue weighted by Gasteiger charge is 2.17. The molecule has 0 fully saturated rings. The van der Waals surface area contributed by atoms with E-state index in [1.165, 1.54) is 0 Å². The largest absolute Gasteiger partial charge is 0.390 e. The molecule has 0 saturated heterocycles. The number of rotatable bonds is 5. The fourth-order valence-corrected chi connectivity index (χ4v) is 1.55. The van der Waals surface area contributed by atoms with Crippen LogP contribution in [0.5, 0.6) is 0 Å². The third-order valence-electron chi connectivity index (χ3n) is 2.53. The molecule has 1 aromatic rings. The summed E-state index contributed by atoms with van der Waals surface area (Å²) >= 11 is 0. The lowest BCUT2D eigenvalue weighted by atomic mass is 9.99. The summed E-state index contributed by atoms with van der Waals surface area (Å²) in [7, 11) is 0. The molecule has 3 heteroatoms. The zero-order valence-corrected chi connectivity index (χ0v) is 9.06. The molecule has 0 spiro atoms. The lowest BCUT2D eigenvalue weighted by Gasteiger charge is -2.17. The molecule has 1 aromatic carbocycles. The summed E-state index contributed by atoms with van der Waals surface area (Å²) in [5, 5.41) is 19.4. The lowest BCUT2D eigenvalue weighted by molar-refractivity contribution is 0.0150. The molecule has 0 bridgehead atoms. The number of benzene rings is 1. The third kappa shape index (κ3) is 3.30. The number of aryl methyl sites for hydroxylation is 1. The maximum atomic E-state index is 9.83. The summed E-state index contributed by atoms with van der Waals surface area (Å²) in [6.07, 6.45) is -0.271. The molecule has 0 aliphatic carbocycles. The van der Waals surface area contributed by atoms with Crippen LogP contribution in [0.2, 0.25) is 0 Å². The Bertz CT molecular complexity index is 301. The molecule has 0 amide bonds. The van der Waals surface area contributed by atoms with Crippen molar-refractivity contribution in [2.45, 2.75) is 32.0 Å². The van der Waals surface area contributed by atoms with Crippen molar-refractivity contribution in [2.24, 2.45) is 5.73 Å². The van der Waals surface area contributed by atoms with Gasteiger partial charge in [-0.05, 0) is 30.5 Å². The van der Waals surface area contributed by atoms with Crippen molar-refractivity contribution in [3.8, 4) is 0 Å². The summed E-state index contributed by atoms with van der Waals surface area (Å²) in [5.74, 6) is 0. The van der Waals surface area contributed by atoms with Gasteiger partial charge in [-0.25, -0.2) is 0 Å². The monoisotopic (exact) mass is 209 g/mol. The van der Waals surface area contributed by atoms with Crippen molar-refractivity contribution in [1.29, 1.82) is 0 Å². The molecule has 0 aliphatic heterocycles. The molecule has 2 atom stereocenters. The van der Waals surface area contributed by atoms with E-state index < -0.39 is 12.2 Å². The van der Waals surface area contributed by atoms with Gasteiger partial charge in [0.15, 0.2) is 0 Å². The van der Waals surface area contributed by atoms with E-state index in [2.05, 4.69) is 6.92 Å². The number of hydrogen-bond acceptors (Lipinski definition) is 3. The van der Waals surface area contributed by atoms with Crippen LogP contribution in [-0.4, -0.2) is 22.9 Å². The fourth-order valence-electron chi connectivity index (χ4n) is 1.55. The van der Waals surface area contributed by atoms with Gasteiger partial charge in [0.2, 0.25) is 0 Å². The molecular formula is C12H19NO2. The fraction of sp³-hybridized carbons (Fsp3) is 0.500. The van der Waals surface area contributed by atoms with Gasteiger partial charge in [-0.15, -0.1) is 0 Å². The van der Waals surface area contributed by atoms with Gasteiger partial charge < -0.3 is 15.9 Å². The third-order valence-corrected chi connectivity index (χ3v) is 2.53. The molecule has 3 nitrogen and oxygen atoms in total. The van der Waals surface area contributed by atoms with Crippen LogP contribution >= 0.6 is 0 Å². The zero-order chi connectivity index (χ0) is 11.3. The Labute approximate surface area is 90.5 Å². The molecular weight excluding hydrogens is 190 g/mol. The minimum absolute atomic E-state index is 0.381. The van der Waals surface area contributed by atoms with Crippen LogP contribution < -0.4 is 5.73 Å². The van der Waals surface area contributed by atoms with Gasteiger partial charge in [0, 0.05) is 0 Å². The predicted molar refractivity (Wildman–Crippen MR) is 60.5 cm³/mol. The minimum Gasteiger partial charge on any atom is -0.390 e. The summed E-state index contributed by atoms with van der Waals surface area (Å²) in [5.41, 5.74) is 7.25. The summed E-state index contributed by atoms with van der Waals surface area (Å²) < 4.78 is 0. The van der Waals surface area contributed by atoms with Gasteiger partial charge >= 0.3 is 0 Å². The van der Waals surface area contributed by atoms with Crippen LogP contribution in [0, 0.1) is 0 Å². The van der Waals surface area contributed by atoms with E-state index in [9.17, 15) is 10.2 Å². The van der Waals surface area contributed by atoms with Crippen LogP contribution in [0.15, 0.2) is 24.3 Å². The van der Waals surface area contributed by atoms with E-state index in [1.807, 2.05) is 24.3 Å². The number of aliphatic hydroxyl groups is 2. The first-order valence-corrected chi connectivity index (χ1v) is 5.34. The van der Waals surface area contributed by atoms with Crippen molar-refractivity contribution in [3.05, 3.63) is 35.4 Å². The molecule has 4 N–H and O–H groups in total. The summed E-state index contributed by atoms with van der Waals surface area (Å²) in [6, 6.07) is 7.64. The molecule has 1 rings (SSSR count). The Morgan fingerprint density at radius 1 is 1.33 bits per heavy atom. The second-order valence-electron chi connectivity index (χ2n) is 3.69. The first-order valence-electron chi connectivity index (χ1n) is 5.34. The summed E-state index contributed by atoms with van der Waals surface area (Å²) in [4.78, 5) is 0. The second kappa shape index (κ2) is 5.85. The van der Waals surface area contributed by atoms with E-state index in [-0.39, 0.29) is 0 Å². The number of hydrogen-bond donors (Lipinski definition) is 3. The van der Waals surface area contributed by atoms with E-state index >= 15 is 0 Å². The first kappa shape index (κ1) is 12.2. The minimum atomic E-state index is -0.833. The smallest absolute Gasteiger partial charge is 0.105 e. The average molecular weight is 209 g/mol. The molecule has 15 heavy (non-hydrogen) atoms. The van der Waals surface area contributed by atoms with Crippen LogP contribution in [0.25, 0.3) is 0 Å². The lowest BCUT2D eigenvalue weighted by Crippen LogP contribution is -2.21. The van der Waals surface area contributed by atoms with Gasteiger partial charge in [-0.1, -0.05) is 31.2 Å². The Morgan fingerprint density at radius 3 is 2.67 bits per heavy atom. The first-order chi connectivity index (χ1) is 7.19. The predicted octanol–water partition coefficient (Wildman–Crippen LogP) is 0.992. The zero-order valence-electron chi connectivity index (χ0n) is 9.06. The Kier molecular flexibility index (Phi) is 4.75. The van der Waals surface area contributed by atoms with Crippen molar-refractivity contribution in [2.75, 3.05) is 6.54 Å². The molecule has 0 aliphatic rings. The van der Waals surface area contributed by atoms with Gasteiger partial charge in [-0.2, -0.15) is 0 Å². The van der Waals surface area contributed by atoms with Gasteiger partial charge in [0.25, 0.3) is 0 Å². The topological polar surface area (TPSA) is 66.5 Å². The van der Waals surface area contributed by atoms with Crippen LogP contribution in [0.4, 0.5) is 0 Å². The molecule has 0 radical (unpaired) electrons. The average Bonchev–Trinajstić information content (AvgIpc) is 2.28. The molecule has 2 unspecified atom stereocenters. The standard InChI is InChI=1S/C12H19NO2/c1-2-9-4-3-5-10(8-9)12(15)11(14)6-7-13/h3-5,8,11-12,14-15H,2,6-7,13H2,1H3. The van der Waals surface area contributed by atoms with E-state index in [0.717, 1.165) is 17.5 Å². The normalized spacial score (nSPS) is 14.9. The van der Waals surface area contributed by atoms with E-state index in [0.29, 0.717) is 13.0 Å². The van der Waals surface area contributed by atoms with Gasteiger partial charge in [0.1, 0.15) is 6.10 Å². The molecule has 0 heterocycles. The van der Waals surface area contributed by atoms with Crippen molar-refractivity contribution in [1.82, 2.24) is 0 Å². The Hall–Kier alpha value is -0.900. The van der Waals surface area contributed by atoms with Crippen molar-refractivity contribution < 1.29 is 10.2 Å². The van der Waals surface area contributed by atoms with Gasteiger partial charge in [-0.3, -0.25) is 0 Å². The number of aliphatic hydroxyl groups excluding tert-OH is 2. The highest BCUT2D eigenvalue weighted by atomic mass is 16.3. The Morgan fingerprint density at radius 2 is 2.07 bits per heavy atom.